The highest BCUT2D eigenvalue weighted by atomic mass is 14.5. The van der Waals surface area contributed by atoms with E-state index in [-0.39, 0.29) is 0 Å². The molecule has 1 heteroatoms. The quantitative estimate of drug-likeness (QED) is 0.722. The van der Waals surface area contributed by atoms with Gasteiger partial charge in [0, 0.05) is 0 Å². The lowest BCUT2D eigenvalue weighted by Gasteiger charge is -2.13. The van der Waals surface area contributed by atoms with Gasteiger partial charge < -0.3 is 5.73 Å². The van der Waals surface area contributed by atoms with E-state index < -0.39 is 0 Å². The van der Waals surface area contributed by atoms with E-state index in [2.05, 4.69) is 37.6 Å². The summed E-state index contributed by atoms with van der Waals surface area (Å²) in [5, 5.41) is 0. The Labute approximate surface area is 74.6 Å². The monoisotopic (exact) mass is 162 g/mol. The van der Waals surface area contributed by atoms with E-state index in [1.807, 2.05) is 6.07 Å². The Morgan fingerprint density at radius 3 is 2.50 bits per heavy atom. The van der Waals surface area contributed by atoms with E-state index in [4.69, 9.17) is 5.73 Å². The fourth-order valence-corrected chi connectivity index (χ4v) is 1.38. The predicted octanol–water partition coefficient (Wildman–Crippen LogP) is 2.34. The fourth-order valence-electron chi connectivity index (χ4n) is 1.38. The average molecular weight is 162 g/mol. The standard InChI is InChI=1S/C11H16N/c1-2-6-11(9-12)10-7-4-3-5-8-10/h2-5,7-8,11H,6,9,12H2,1H3. The van der Waals surface area contributed by atoms with Gasteiger partial charge in [-0.05, 0) is 30.9 Å². The van der Waals surface area contributed by atoms with Crippen molar-refractivity contribution in [3.05, 3.63) is 42.3 Å². The molecule has 1 nitrogen and oxygen atoms in total. The van der Waals surface area contributed by atoms with Crippen LogP contribution in [0.15, 0.2) is 30.3 Å². The molecule has 0 amide bonds. The molecule has 1 aromatic rings. The molecule has 0 spiro atoms. The molecule has 0 bridgehead atoms. The summed E-state index contributed by atoms with van der Waals surface area (Å²) in [5.74, 6) is 0.496. The molecule has 1 rings (SSSR count). The minimum atomic E-state index is 0.496. The predicted molar refractivity (Wildman–Crippen MR) is 52.8 cm³/mol. The van der Waals surface area contributed by atoms with Crippen LogP contribution in [0.25, 0.3) is 0 Å². The molecule has 0 aliphatic heterocycles. The zero-order valence-electron chi connectivity index (χ0n) is 7.53. The third-order valence-electron chi connectivity index (χ3n) is 2.08. The summed E-state index contributed by atoms with van der Waals surface area (Å²) in [6, 6.07) is 10.4. The van der Waals surface area contributed by atoms with Gasteiger partial charge in [0.05, 0.1) is 0 Å². The fraction of sp³-hybridized carbons (Fsp3) is 0.364. The molecular weight excluding hydrogens is 146 g/mol. The average Bonchev–Trinajstić information content (AvgIpc) is 2.15. The summed E-state index contributed by atoms with van der Waals surface area (Å²) in [4.78, 5) is 0. The van der Waals surface area contributed by atoms with Crippen molar-refractivity contribution in [2.75, 3.05) is 6.54 Å². The van der Waals surface area contributed by atoms with Crippen molar-refractivity contribution >= 4 is 0 Å². The van der Waals surface area contributed by atoms with Gasteiger partial charge in [0.1, 0.15) is 0 Å². The Morgan fingerprint density at radius 1 is 1.33 bits per heavy atom. The first-order valence-corrected chi connectivity index (χ1v) is 4.41. The highest BCUT2D eigenvalue weighted by molar-refractivity contribution is 5.20. The maximum atomic E-state index is 5.67. The molecule has 1 atom stereocenters. The lowest BCUT2D eigenvalue weighted by atomic mass is 9.95. The zero-order chi connectivity index (χ0) is 8.81. The van der Waals surface area contributed by atoms with Gasteiger partial charge in [0.15, 0.2) is 0 Å². The van der Waals surface area contributed by atoms with Crippen LogP contribution < -0.4 is 5.73 Å². The molecule has 0 fully saturated rings. The third kappa shape index (κ3) is 2.35. The van der Waals surface area contributed by atoms with E-state index in [1.54, 1.807) is 0 Å². The van der Waals surface area contributed by atoms with Crippen molar-refractivity contribution in [2.24, 2.45) is 5.73 Å². The molecule has 0 saturated heterocycles. The van der Waals surface area contributed by atoms with Crippen LogP contribution in [0.2, 0.25) is 0 Å². The van der Waals surface area contributed by atoms with Crippen LogP contribution in [0.3, 0.4) is 0 Å². The number of nitrogens with two attached hydrogens (primary N) is 1. The molecule has 0 saturated carbocycles. The number of hydrogen-bond acceptors (Lipinski definition) is 1. The third-order valence-corrected chi connectivity index (χ3v) is 2.08. The molecule has 1 unspecified atom stereocenters. The minimum Gasteiger partial charge on any atom is -0.330 e. The van der Waals surface area contributed by atoms with Gasteiger partial charge in [0.2, 0.25) is 0 Å². The zero-order valence-corrected chi connectivity index (χ0v) is 7.53. The van der Waals surface area contributed by atoms with Gasteiger partial charge in [-0.3, -0.25) is 0 Å². The van der Waals surface area contributed by atoms with Crippen molar-refractivity contribution in [1.29, 1.82) is 0 Å². The van der Waals surface area contributed by atoms with Crippen molar-refractivity contribution < 1.29 is 0 Å². The molecule has 0 aliphatic rings. The largest absolute Gasteiger partial charge is 0.330 e. The summed E-state index contributed by atoms with van der Waals surface area (Å²) < 4.78 is 0. The highest BCUT2D eigenvalue weighted by Crippen LogP contribution is 2.18. The SMILES string of the molecule is C[CH]CC(CN)c1ccccc1. The Kier molecular flexibility index (Phi) is 3.81. The van der Waals surface area contributed by atoms with Gasteiger partial charge >= 0.3 is 0 Å². The summed E-state index contributed by atoms with van der Waals surface area (Å²) in [7, 11) is 0. The maximum Gasteiger partial charge on any atom is -0.000813 e. The van der Waals surface area contributed by atoms with Crippen LogP contribution in [-0.4, -0.2) is 6.54 Å². The lowest BCUT2D eigenvalue weighted by molar-refractivity contribution is 0.686. The summed E-state index contributed by atoms with van der Waals surface area (Å²) in [5.41, 5.74) is 7.02. The lowest BCUT2D eigenvalue weighted by Crippen LogP contribution is -2.12. The van der Waals surface area contributed by atoms with E-state index >= 15 is 0 Å². The maximum absolute atomic E-state index is 5.67. The Bertz CT molecular complexity index is 206. The van der Waals surface area contributed by atoms with Crippen LogP contribution >= 0.6 is 0 Å². The van der Waals surface area contributed by atoms with Crippen LogP contribution in [-0.2, 0) is 0 Å². The van der Waals surface area contributed by atoms with Gasteiger partial charge in [-0.1, -0.05) is 37.3 Å². The summed E-state index contributed by atoms with van der Waals surface area (Å²) in [6.07, 6.45) is 3.24. The molecule has 0 aliphatic carbocycles. The van der Waals surface area contributed by atoms with Gasteiger partial charge in [0.25, 0.3) is 0 Å². The molecule has 1 radical (unpaired) electrons. The smallest absolute Gasteiger partial charge is 0.000813 e. The summed E-state index contributed by atoms with van der Waals surface area (Å²) >= 11 is 0. The molecule has 12 heavy (non-hydrogen) atoms. The Balaban J connectivity index is 2.66. The van der Waals surface area contributed by atoms with Crippen LogP contribution in [0.4, 0.5) is 0 Å². The second kappa shape index (κ2) is 4.94. The van der Waals surface area contributed by atoms with E-state index in [9.17, 15) is 0 Å². The van der Waals surface area contributed by atoms with Crippen molar-refractivity contribution in [3.8, 4) is 0 Å². The summed E-state index contributed by atoms with van der Waals surface area (Å²) in [6.45, 7) is 2.81. The molecular formula is C11H16N. The van der Waals surface area contributed by atoms with Crippen molar-refractivity contribution in [1.82, 2.24) is 0 Å². The highest BCUT2D eigenvalue weighted by Gasteiger charge is 2.06. The Hall–Kier alpha value is -0.820. The first kappa shape index (κ1) is 9.27. The van der Waals surface area contributed by atoms with Crippen LogP contribution in [0.5, 0.6) is 0 Å². The first-order valence-electron chi connectivity index (χ1n) is 4.41. The molecule has 2 N–H and O–H groups in total. The van der Waals surface area contributed by atoms with Crippen LogP contribution in [0.1, 0.15) is 24.8 Å². The molecule has 0 heterocycles. The van der Waals surface area contributed by atoms with E-state index in [0.29, 0.717) is 5.92 Å². The van der Waals surface area contributed by atoms with Gasteiger partial charge in [-0.25, -0.2) is 0 Å². The number of benzene rings is 1. The molecule has 65 valence electrons. The van der Waals surface area contributed by atoms with Gasteiger partial charge in [-0.2, -0.15) is 0 Å². The van der Waals surface area contributed by atoms with Crippen molar-refractivity contribution in [2.45, 2.75) is 19.3 Å². The number of hydrogen-bond donors (Lipinski definition) is 1. The topological polar surface area (TPSA) is 26.0 Å². The second-order valence-corrected chi connectivity index (χ2v) is 2.99. The second-order valence-electron chi connectivity index (χ2n) is 2.99. The molecule has 1 aromatic carbocycles. The van der Waals surface area contributed by atoms with E-state index in [1.165, 1.54) is 5.56 Å². The van der Waals surface area contributed by atoms with E-state index in [0.717, 1.165) is 13.0 Å². The van der Waals surface area contributed by atoms with Crippen molar-refractivity contribution in [3.63, 3.8) is 0 Å². The Morgan fingerprint density at radius 2 is 2.00 bits per heavy atom. The minimum absolute atomic E-state index is 0.496. The van der Waals surface area contributed by atoms with Crippen LogP contribution in [0, 0.1) is 6.42 Å². The van der Waals surface area contributed by atoms with Gasteiger partial charge in [-0.15, -0.1) is 0 Å². The molecule has 0 aromatic heterocycles. The number of rotatable bonds is 4. The first-order chi connectivity index (χ1) is 5.88. The normalized spacial score (nSPS) is 12.8.